The van der Waals surface area contributed by atoms with Gasteiger partial charge in [0.2, 0.25) is 5.78 Å². The molecule has 1 aliphatic rings. The lowest BCUT2D eigenvalue weighted by Gasteiger charge is -2.15. The van der Waals surface area contributed by atoms with Crippen LogP contribution in [0, 0.1) is 21.4 Å². The zero-order valence-corrected chi connectivity index (χ0v) is 14.5. The van der Waals surface area contributed by atoms with Gasteiger partial charge >= 0.3 is 0 Å². The van der Waals surface area contributed by atoms with Crippen LogP contribution in [-0.2, 0) is 0 Å². The van der Waals surface area contributed by atoms with Crippen molar-refractivity contribution in [3.05, 3.63) is 73.8 Å². The number of hydrogen-bond acceptors (Lipinski definition) is 6. The third-order valence-corrected chi connectivity index (χ3v) is 5.26. The number of Topliss-reactive ketones (excluding diaryl/α,β-unsaturated/α-hetero) is 1. The Balaban J connectivity index is 2.09. The standard InChI is InChI=1S/C17H10ClN3O3S/c1-20-14-4-2-3-5-15(14)25-17(20)12(9-19)16(22)11-8-10(21(23)24)6-7-13(11)18/h2-8H,1H3. The number of fused-ring (bicyclic) bond motifs is 1. The summed E-state index contributed by atoms with van der Waals surface area (Å²) in [7, 11) is 1.76. The Morgan fingerprint density at radius 1 is 1.32 bits per heavy atom. The van der Waals surface area contributed by atoms with E-state index >= 15 is 0 Å². The van der Waals surface area contributed by atoms with Crippen LogP contribution in [0.2, 0.25) is 5.02 Å². The average Bonchev–Trinajstić information content (AvgIpc) is 2.93. The number of nitrogens with zero attached hydrogens (tertiary/aromatic N) is 3. The number of anilines is 1. The third kappa shape index (κ3) is 2.97. The predicted molar refractivity (Wildman–Crippen MR) is 95.8 cm³/mol. The van der Waals surface area contributed by atoms with Crippen molar-refractivity contribution >= 4 is 40.5 Å². The van der Waals surface area contributed by atoms with Crippen molar-refractivity contribution in [2.45, 2.75) is 4.90 Å². The van der Waals surface area contributed by atoms with Gasteiger partial charge in [-0.1, -0.05) is 35.5 Å². The van der Waals surface area contributed by atoms with E-state index < -0.39 is 10.7 Å². The molecule has 2 aromatic carbocycles. The maximum Gasteiger partial charge on any atom is 0.270 e. The normalized spacial score (nSPS) is 14.7. The Kier molecular flexibility index (Phi) is 4.49. The van der Waals surface area contributed by atoms with Crippen LogP contribution in [0.25, 0.3) is 0 Å². The molecule has 0 atom stereocenters. The molecule has 0 unspecified atom stereocenters. The van der Waals surface area contributed by atoms with Crippen molar-refractivity contribution in [2.24, 2.45) is 0 Å². The first-order valence-corrected chi connectivity index (χ1v) is 8.27. The fourth-order valence-corrected chi connectivity index (χ4v) is 3.80. The van der Waals surface area contributed by atoms with E-state index in [4.69, 9.17) is 11.6 Å². The van der Waals surface area contributed by atoms with Crippen LogP contribution in [0.4, 0.5) is 11.4 Å². The number of nitro benzene ring substituents is 1. The van der Waals surface area contributed by atoms with E-state index in [1.165, 1.54) is 23.9 Å². The average molecular weight is 372 g/mol. The zero-order valence-electron chi connectivity index (χ0n) is 12.9. The van der Waals surface area contributed by atoms with Gasteiger partial charge < -0.3 is 4.90 Å². The van der Waals surface area contributed by atoms with Gasteiger partial charge in [0.1, 0.15) is 16.7 Å². The zero-order chi connectivity index (χ0) is 18.1. The van der Waals surface area contributed by atoms with Crippen LogP contribution in [0.15, 0.2) is 58.0 Å². The van der Waals surface area contributed by atoms with E-state index in [0.717, 1.165) is 16.6 Å². The number of benzene rings is 2. The number of non-ortho nitro benzene ring substituents is 1. The second kappa shape index (κ2) is 6.59. The van der Waals surface area contributed by atoms with Crippen molar-refractivity contribution in [1.82, 2.24) is 0 Å². The Hall–Kier alpha value is -2.82. The van der Waals surface area contributed by atoms with E-state index in [2.05, 4.69) is 0 Å². The molecule has 0 N–H and O–H groups in total. The Bertz CT molecular complexity index is 981. The van der Waals surface area contributed by atoms with Gasteiger partial charge in [-0.25, -0.2) is 0 Å². The molecule has 0 aromatic heterocycles. The van der Waals surface area contributed by atoms with Crippen molar-refractivity contribution in [3.8, 4) is 6.07 Å². The summed E-state index contributed by atoms with van der Waals surface area (Å²) in [5.74, 6) is -0.640. The van der Waals surface area contributed by atoms with Crippen LogP contribution < -0.4 is 4.90 Å². The summed E-state index contributed by atoms with van der Waals surface area (Å²) >= 11 is 7.33. The van der Waals surface area contributed by atoms with Crippen LogP contribution in [0.5, 0.6) is 0 Å². The molecule has 0 saturated carbocycles. The minimum Gasteiger partial charge on any atom is -0.337 e. The monoisotopic (exact) mass is 371 g/mol. The van der Waals surface area contributed by atoms with Crippen molar-refractivity contribution in [1.29, 1.82) is 5.26 Å². The molecule has 0 aliphatic carbocycles. The molecule has 0 spiro atoms. The van der Waals surface area contributed by atoms with Gasteiger partial charge in [0.05, 0.1) is 15.6 Å². The minimum atomic E-state index is -0.640. The lowest BCUT2D eigenvalue weighted by atomic mass is 10.0. The van der Waals surface area contributed by atoms with Crippen LogP contribution in [0.1, 0.15) is 10.4 Å². The summed E-state index contributed by atoms with van der Waals surface area (Å²) in [5.41, 5.74) is 0.454. The number of carbonyl (C=O) groups excluding carboxylic acids is 1. The van der Waals surface area contributed by atoms with Crippen molar-refractivity contribution in [3.63, 3.8) is 0 Å². The summed E-state index contributed by atoms with van der Waals surface area (Å²) in [6.07, 6.45) is 0. The number of halogens is 1. The minimum absolute atomic E-state index is 0.0621. The second-order valence-electron chi connectivity index (χ2n) is 5.17. The Labute approximate surface area is 152 Å². The molecular weight excluding hydrogens is 362 g/mol. The van der Waals surface area contributed by atoms with Gasteiger partial charge in [-0.2, -0.15) is 5.26 Å². The highest BCUT2D eigenvalue weighted by molar-refractivity contribution is 8.03. The highest BCUT2D eigenvalue weighted by atomic mass is 35.5. The first kappa shape index (κ1) is 17.0. The fraction of sp³-hybridized carbons (Fsp3) is 0.0588. The van der Waals surface area contributed by atoms with Crippen LogP contribution in [0.3, 0.4) is 0 Å². The summed E-state index contributed by atoms with van der Waals surface area (Å²) in [6, 6.07) is 13.0. The first-order chi connectivity index (χ1) is 11.9. The number of hydrogen-bond donors (Lipinski definition) is 0. The summed E-state index contributed by atoms with van der Waals surface area (Å²) in [6.45, 7) is 0. The van der Waals surface area contributed by atoms with E-state index in [0.29, 0.717) is 5.03 Å². The SMILES string of the molecule is CN1C(=C(C#N)C(=O)c2cc([N+](=O)[O-])ccc2Cl)Sc2ccccc21. The van der Waals surface area contributed by atoms with Gasteiger partial charge in [0.15, 0.2) is 0 Å². The lowest BCUT2D eigenvalue weighted by molar-refractivity contribution is -0.384. The van der Waals surface area contributed by atoms with E-state index in [-0.39, 0.29) is 21.8 Å². The van der Waals surface area contributed by atoms with Crippen LogP contribution >= 0.6 is 23.4 Å². The smallest absolute Gasteiger partial charge is 0.270 e. The molecule has 0 radical (unpaired) electrons. The topological polar surface area (TPSA) is 87.2 Å². The molecule has 0 saturated heterocycles. The van der Waals surface area contributed by atoms with Gasteiger partial charge in [-0.05, 0) is 18.2 Å². The van der Waals surface area contributed by atoms with Gasteiger partial charge in [-0.15, -0.1) is 0 Å². The van der Waals surface area contributed by atoms with Gasteiger partial charge in [0, 0.05) is 29.6 Å². The molecule has 1 aliphatic heterocycles. The quantitative estimate of drug-likeness (QED) is 0.261. The molecule has 0 amide bonds. The largest absolute Gasteiger partial charge is 0.337 e. The number of rotatable bonds is 3. The van der Waals surface area contributed by atoms with E-state index in [9.17, 15) is 20.2 Å². The van der Waals surface area contributed by atoms with E-state index in [1.54, 1.807) is 11.9 Å². The van der Waals surface area contributed by atoms with Crippen molar-refractivity contribution in [2.75, 3.05) is 11.9 Å². The number of thioether (sulfide) groups is 1. The maximum absolute atomic E-state index is 12.8. The number of carbonyl (C=O) groups is 1. The first-order valence-electron chi connectivity index (χ1n) is 7.07. The molecule has 3 rings (SSSR count). The Morgan fingerprint density at radius 3 is 2.68 bits per heavy atom. The molecule has 0 bridgehead atoms. The lowest BCUT2D eigenvalue weighted by Crippen LogP contribution is -2.15. The molecule has 0 fully saturated rings. The predicted octanol–water partition coefficient (Wildman–Crippen LogP) is 4.41. The molecule has 2 aromatic rings. The second-order valence-corrected chi connectivity index (χ2v) is 6.61. The van der Waals surface area contributed by atoms with E-state index in [1.807, 2.05) is 30.3 Å². The number of para-hydroxylation sites is 1. The number of ketones is 1. The number of nitriles is 1. The number of allylic oxidation sites excluding steroid dienone is 1. The molecule has 8 heteroatoms. The molecular formula is C17H10ClN3O3S. The fourth-order valence-electron chi connectivity index (χ4n) is 2.45. The molecule has 124 valence electrons. The molecule has 1 heterocycles. The van der Waals surface area contributed by atoms with Crippen molar-refractivity contribution < 1.29 is 9.72 Å². The van der Waals surface area contributed by atoms with Crippen LogP contribution in [-0.4, -0.2) is 17.8 Å². The summed E-state index contributed by atoms with van der Waals surface area (Å²) in [4.78, 5) is 25.8. The van der Waals surface area contributed by atoms with Gasteiger partial charge in [-0.3, -0.25) is 14.9 Å². The van der Waals surface area contributed by atoms with Gasteiger partial charge in [0.25, 0.3) is 5.69 Å². The third-order valence-electron chi connectivity index (χ3n) is 3.70. The highest BCUT2D eigenvalue weighted by Gasteiger charge is 2.29. The summed E-state index contributed by atoms with van der Waals surface area (Å²) in [5, 5.41) is 21.0. The summed E-state index contributed by atoms with van der Waals surface area (Å²) < 4.78 is 0. The number of nitro groups is 1. The Morgan fingerprint density at radius 2 is 2.04 bits per heavy atom. The highest BCUT2D eigenvalue weighted by Crippen LogP contribution is 2.46. The molecule has 6 nitrogen and oxygen atoms in total. The maximum atomic E-state index is 12.8. The molecule has 25 heavy (non-hydrogen) atoms.